The van der Waals surface area contributed by atoms with Gasteiger partial charge in [-0.3, -0.25) is 9.59 Å². The molecule has 22 heavy (non-hydrogen) atoms. The smallest absolute Gasteiger partial charge is 0.326 e. The Morgan fingerprint density at radius 1 is 1.36 bits per heavy atom. The van der Waals surface area contributed by atoms with Crippen LogP contribution >= 0.6 is 0 Å². The van der Waals surface area contributed by atoms with E-state index in [9.17, 15) is 19.5 Å². The Balaban J connectivity index is 2.31. The highest BCUT2D eigenvalue weighted by atomic mass is 16.4. The normalized spacial score (nSPS) is 15.0. The number of aliphatic carboxylic acids is 1. The number of carbonyl (C=O) groups excluding carboxylic acids is 2. The first kappa shape index (κ1) is 16.0. The maximum absolute atomic E-state index is 12.5. The van der Waals surface area contributed by atoms with E-state index in [4.69, 9.17) is 5.73 Å². The number of carboxylic acid groups (broad SMARTS) is 1. The van der Waals surface area contributed by atoms with E-state index in [1.807, 2.05) is 26.0 Å². The molecule has 3 N–H and O–H groups in total. The first-order chi connectivity index (χ1) is 10.3. The largest absolute Gasteiger partial charge is 0.480 e. The van der Waals surface area contributed by atoms with E-state index in [1.54, 1.807) is 6.07 Å². The Bertz CT molecular complexity index is 625. The van der Waals surface area contributed by atoms with E-state index in [-0.39, 0.29) is 31.2 Å². The molecule has 1 heterocycles. The molecule has 1 aromatic rings. The molecule has 0 aromatic heterocycles. The van der Waals surface area contributed by atoms with Gasteiger partial charge in [0.05, 0.1) is 0 Å². The van der Waals surface area contributed by atoms with Gasteiger partial charge in [-0.25, -0.2) is 4.79 Å². The van der Waals surface area contributed by atoms with Crippen molar-refractivity contribution in [1.29, 1.82) is 0 Å². The minimum absolute atomic E-state index is 0.0292. The molecule has 0 radical (unpaired) electrons. The maximum Gasteiger partial charge on any atom is 0.326 e. The summed E-state index contributed by atoms with van der Waals surface area (Å²) in [5.41, 5.74) is 7.57. The molecule has 6 nitrogen and oxygen atoms in total. The minimum atomic E-state index is -1.12. The van der Waals surface area contributed by atoms with Gasteiger partial charge in [0.15, 0.2) is 0 Å². The van der Waals surface area contributed by atoms with Crippen LogP contribution < -0.4 is 5.73 Å². The molecule has 2 rings (SSSR count). The third kappa shape index (κ3) is 2.95. The van der Waals surface area contributed by atoms with Crippen molar-refractivity contribution >= 4 is 17.8 Å². The van der Waals surface area contributed by atoms with E-state index in [2.05, 4.69) is 0 Å². The second-order valence-corrected chi connectivity index (χ2v) is 5.82. The number of primary amides is 1. The summed E-state index contributed by atoms with van der Waals surface area (Å²) in [5, 5.41) is 9.38. The number of nitrogens with zero attached hydrogens (tertiary/aromatic N) is 1. The Labute approximate surface area is 128 Å². The number of hydrogen-bond acceptors (Lipinski definition) is 3. The van der Waals surface area contributed by atoms with Crippen molar-refractivity contribution < 1.29 is 19.5 Å². The summed E-state index contributed by atoms with van der Waals surface area (Å²) in [4.78, 5) is 36.2. The number of amides is 2. The molecule has 0 saturated carbocycles. The maximum atomic E-state index is 12.5. The topological polar surface area (TPSA) is 101 Å². The second-order valence-electron chi connectivity index (χ2n) is 5.82. The van der Waals surface area contributed by atoms with Crippen molar-refractivity contribution in [3.63, 3.8) is 0 Å². The zero-order valence-corrected chi connectivity index (χ0v) is 12.7. The van der Waals surface area contributed by atoms with Crippen LogP contribution in [0.3, 0.4) is 0 Å². The predicted octanol–water partition coefficient (Wildman–Crippen LogP) is 1.48. The highest BCUT2D eigenvalue weighted by Gasteiger charge is 2.37. The monoisotopic (exact) mass is 304 g/mol. The van der Waals surface area contributed by atoms with Crippen LogP contribution in [0.15, 0.2) is 18.2 Å². The number of nitrogens with two attached hydrogens (primary N) is 1. The van der Waals surface area contributed by atoms with Gasteiger partial charge >= 0.3 is 5.97 Å². The summed E-state index contributed by atoms with van der Waals surface area (Å²) in [5.74, 6) is -1.74. The molecule has 0 spiro atoms. The first-order valence-electron chi connectivity index (χ1n) is 7.26. The Hall–Kier alpha value is -2.37. The Kier molecular flexibility index (Phi) is 4.49. The molecule has 0 bridgehead atoms. The molecule has 1 aromatic carbocycles. The molecule has 1 unspecified atom stereocenters. The lowest BCUT2D eigenvalue weighted by molar-refractivity contribution is -0.142. The Morgan fingerprint density at radius 3 is 2.59 bits per heavy atom. The second kappa shape index (κ2) is 6.17. The van der Waals surface area contributed by atoms with Crippen LogP contribution in [-0.4, -0.2) is 33.8 Å². The molecule has 0 fully saturated rings. The van der Waals surface area contributed by atoms with E-state index >= 15 is 0 Å². The van der Waals surface area contributed by atoms with Gasteiger partial charge in [0.25, 0.3) is 5.91 Å². The number of hydrogen-bond donors (Lipinski definition) is 2. The predicted molar refractivity (Wildman–Crippen MR) is 80.3 cm³/mol. The molecular formula is C16H20N2O4. The highest BCUT2D eigenvalue weighted by Crippen LogP contribution is 2.32. The molecule has 1 aliphatic rings. The average molecular weight is 304 g/mol. The van der Waals surface area contributed by atoms with Crippen LogP contribution in [0.1, 0.15) is 54.1 Å². The van der Waals surface area contributed by atoms with Crippen molar-refractivity contribution in [3.8, 4) is 0 Å². The zero-order chi connectivity index (χ0) is 16.4. The van der Waals surface area contributed by atoms with E-state index in [0.29, 0.717) is 5.56 Å². The number of rotatable bonds is 6. The molecule has 0 saturated heterocycles. The standard InChI is InChI=1S/C16H20N2O4/c1-9(2)10-4-3-5-11-12(10)8-18(15(11)20)13(16(21)22)6-7-14(17)19/h3-5,9,13H,6-8H2,1-2H3,(H2,17,19)(H,21,22). The van der Waals surface area contributed by atoms with Gasteiger partial charge in [-0.2, -0.15) is 0 Å². The van der Waals surface area contributed by atoms with Crippen LogP contribution in [0, 0.1) is 0 Å². The first-order valence-corrected chi connectivity index (χ1v) is 7.26. The molecule has 0 aliphatic carbocycles. The number of benzene rings is 1. The lowest BCUT2D eigenvalue weighted by atomic mass is 9.95. The zero-order valence-electron chi connectivity index (χ0n) is 12.7. The summed E-state index contributed by atoms with van der Waals surface area (Å²) >= 11 is 0. The molecular weight excluding hydrogens is 284 g/mol. The summed E-state index contributed by atoms with van der Waals surface area (Å²) < 4.78 is 0. The van der Waals surface area contributed by atoms with Gasteiger partial charge in [0.2, 0.25) is 5.91 Å². The van der Waals surface area contributed by atoms with Gasteiger partial charge in [-0.1, -0.05) is 26.0 Å². The van der Waals surface area contributed by atoms with E-state index in [1.165, 1.54) is 4.90 Å². The molecule has 6 heteroatoms. The number of carboxylic acids is 1. The van der Waals surface area contributed by atoms with Crippen LogP contribution in [0.5, 0.6) is 0 Å². The van der Waals surface area contributed by atoms with Gasteiger partial charge in [-0.15, -0.1) is 0 Å². The molecule has 1 atom stereocenters. The fourth-order valence-corrected chi connectivity index (χ4v) is 2.86. The van der Waals surface area contributed by atoms with Crippen molar-refractivity contribution in [2.75, 3.05) is 0 Å². The molecule has 1 aliphatic heterocycles. The molecule has 118 valence electrons. The summed E-state index contributed by atoms with van der Waals surface area (Å²) in [6, 6.07) is 4.46. The van der Waals surface area contributed by atoms with Gasteiger partial charge in [0, 0.05) is 18.5 Å². The lowest BCUT2D eigenvalue weighted by Crippen LogP contribution is -2.42. The summed E-state index contributed by atoms with van der Waals surface area (Å²) in [6.07, 6.45) is -0.0322. The minimum Gasteiger partial charge on any atom is -0.480 e. The Morgan fingerprint density at radius 2 is 2.05 bits per heavy atom. The van der Waals surface area contributed by atoms with Gasteiger partial charge in [-0.05, 0) is 29.5 Å². The van der Waals surface area contributed by atoms with Gasteiger partial charge in [0.1, 0.15) is 6.04 Å². The lowest BCUT2D eigenvalue weighted by Gasteiger charge is -2.24. The van der Waals surface area contributed by atoms with E-state index < -0.39 is 17.9 Å². The van der Waals surface area contributed by atoms with Gasteiger partial charge < -0.3 is 15.7 Å². The van der Waals surface area contributed by atoms with Crippen molar-refractivity contribution in [1.82, 2.24) is 4.90 Å². The third-order valence-corrected chi connectivity index (χ3v) is 3.98. The third-order valence-electron chi connectivity index (χ3n) is 3.98. The van der Waals surface area contributed by atoms with Crippen LogP contribution in [0.4, 0.5) is 0 Å². The fourth-order valence-electron chi connectivity index (χ4n) is 2.86. The van der Waals surface area contributed by atoms with Crippen molar-refractivity contribution in [2.24, 2.45) is 5.73 Å². The van der Waals surface area contributed by atoms with E-state index in [0.717, 1.165) is 11.1 Å². The summed E-state index contributed by atoms with van der Waals surface area (Å²) in [6.45, 7) is 4.33. The number of carbonyl (C=O) groups is 3. The average Bonchev–Trinajstić information content (AvgIpc) is 2.76. The van der Waals surface area contributed by atoms with Crippen molar-refractivity contribution in [2.45, 2.75) is 45.2 Å². The van der Waals surface area contributed by atoms with Crippen LogP contribution in [0.25, 0.3) is 0 Å². The van der Waals surface area contributed by atoms with Crippen LogP contribution in [0.2, 0.25) is 0 Å². The quantitative estimate of drug-likeness (QED) is 0.831. The fraction of sp³-hybridized carbons (Fsp3) is 0.438. The SMILES string of the molecule is CC(C)c1cccc2c1CN(C(CCC(N)=O)C(=O)O)C2=O. The van der Waals surface area contributed by atoms with Crippen LogP contribution in [-0.2, 0) is 16.1 Å². The molecule has 2 amide bonds. The van der Waals surface area contributed by atoms with Crippen molar-refractivity contribution in [3.05, 3.63) is 34.9 Å². The summed E-state index contributed by atoms with van der Waals surface area (Å²) in [7, 11) is 0. The highest BCUT2D eigenvalue weighted by molar-refractivity contribution is 6.00. The number of fused-ring (bicyclic) bond motifs is 1.